The maximum atomic E-state index is 4.68. The minimum Gasteiger partial charge on any atom is -0.215 e. The highest BCUT2D eigenvalue weighted by Gasteiger charge is 2.14. The van der Waals surface area contributed by atoms with E-state index < -0.39 is 0 Å². The highest BCUT2D eigenvalue weighted by atomic mass is 32.2. The molecule has 4 nitrogen and oxygen atoms in total. The Morgan fingerprint density at radius 2 is 1.74 bits per heavy atom. The van der Waals surface area contributed by atoms with Gasteiger partial charge < -0.3 is 0 Å². The second-order valence-corrected chi connectivity index (χ2v) is 6.64. The van der Waals surface area contributed by atoms with Gasteiger partial charge in [0.05, 0.1) is 17.3 Å². The van der Waals surface area contributed by atoms with E-state index in [1.807, 2.05) is 53.4 Å². The predicted molar refractivity (Wildman–Crippen MR) is 98.5 cm³/mol. The van der Waals surface area contributed by atoms with E-state index in [1.165, 1.54) is 0 Å². The van der Waals surface area contributed by atoms with Crippen LogP contribution in [0.2, 0.25) is 0 Å². The fourth-order valence-corrected chi connectivity index (χ4v) is 3.42. The molecule has 3 aromatic rings. The third kappa shape index (κ3) is 3.48. The molecule has 2 aromatic heterocycles. The van der Waals surface area contributed by atoms with Crippen molar-refractivity contribution in [3.63, 3.8) is 0 Å². The topological polar surface area (TPSA) is 43.6 Å². The molecule has 2 heterocycles. The Morgan fingerprint density at radius 1 is 1.00 bits per heavy atom. The van der Waals surface area contributed by atoms with Gasteiger partial charge in [0.15, 0.2) is 10.8 Å². The van der Waals surface area contributed by atoms with Gasteiger partial charge in [0.1, 0.15) is 5.03 Å². The zero-order valence-corrected chi connectivity index (χ0v) is 14.2. The van der Waals surface area contributed by atoms with Gasteiger partial charge in [0, 0.05) is 11.5 Å². The average Bonchev–Trinajstić information content (AvgIpc) is 3.02. The van der Waals surface area contributed by atoms with Crippen molar-refractivity contribution in [3.05, 3.63) is 61.8 Å². The van der Waals surface area contributed by atoms with Crippen molar-refractivity contribution in [2.45, 2.75) is 10.2 Å². The monoisotopic (exact) mass is 340 g/mol. The molecule has 0 aliphatic heterocycles. The van der Waals surface area contributed by atoms with Gasteiger partial charge in [-0.1, -0.05) is 42.1 Å². The molecule has 0 saturated heterocycles. The van der Waals surface area contributed by atoms with Crippen molar-refractivity contribution < 1.29 is 0 Å². The molecule has 0 saturated carbocycles. The van der Waals surface area contributed by atoms with E-state index in [9.17, 15) is 0 Å². The summed E-state index contributed by atoms with van der Waals surface area (Å²) in [4.78, 5) is 9.33. The van der Waals surface area contributed by atoms with Crippen molar-refractivity contribution in [2.75, 3.05) is 11.5 Å². The Hall–Kier alpha value is -2.05. The molecule has 116 valence electrons. The number of benzene rings is 1. The summed E-state index contributed by atoms with van der Waals surface area (Å²) >= 11 is 3.21. The van der Waals surface area contributed by atoms with Crippen LogP contribution in [-0.2, 0) is 0 Å². The summed E-state index contributed by atoms with van der Waals surface area (Å²) in [6.45, 7) is 7.53. The van der Waals surface area contributed by atoms with Gasteiger partial charge >= 0.3 is 0 Å². The SMILES string of the molecule is C=CCSc1nc(SCC=C)c2cnn(-c3ccccc3)c2n1. The van der Waals surface area contributed by atoms with Crippen LogP contribution in [0.25, 0.3) is 16.7 Å². The van der Waals surface area contributed by atoms with Gasteiger partial charge in [-0.2, -0.15) is 5.10 Å². The first-order valence-corrected chi connectivity index (χ1v) is 9.09. The van der Waals surface area contributed by atoms with Gasteiger partial charge in [-0.05, 0) is 12.1 Å². The van der Waals surface area contributed by atoms with Crippen LogP contribution in [0.15, 0.2) is 72.0 Å². The number of rotatable bonds is 7. The van der Waals surface area contributed by atoms with E-state index in [0.29, 0.717) is 0 Å². The van der Waals surface area contributed by atoms with E-state index >= 15 is 0 Å². The smallest absolute Gasteiger partial charge is 0.191 e. The molecule has 0 bridgehead atoms. The van der Waals surface area contributed by atoms with Crippen molar-refractivity contribution >= 4 is 34.6 Å². The Balaban J connectivity index is 2.12. The van der Waals surface area contributed by atoms with Gasteiger partial charge in [0.25, 0.3) is 0 Å². The molecule has 0 N–H and O–H groups in total. The Morgan fingerprint density at radius 3 is 2.48 bits per heavy atom. The number of nitrogens with zero attached hydrogens (tertiary/aromatic N) is 4. The Kier molecular flexibility index (Phi) is 5.15. The summed E-state index contributed by atoms with van der Waals surface area (Å²) in [5.41, 5.74) is 1.81. The largest absolute Gasteiger partial charge is 0.215 e. The minimum absolute atomic E-state index is 0.738. The Labute approximate surface area is 143 Å². The molecule has 0 atom stereocenters. The molecule has 0 spiro atoms. The summed E-state index contributed by atoms with van der Waals surface area (Å²) < 4.78 is 1.85. The van der Waals surface area contributed by atoms with Crippen molar-refractivity contribution in [1.29, 1.82) is 0 Å². The Bertz CT molecular complexity index is 827. The molecule has 6 heteroatoms. The lowest BCUT2D eigenvalue weighted by Gasteiger charge is -2.06. The number of para-hydroxylation sites is 1. The van der Waals surface area contributed by atoms with Gasteiger partial charge in [-0.25, -0.2) is 14.6 Å². The number of hydrogen-bond acceptors (Lipinski definition) is 5. The van der Waals surface area contributed by atoms with Crippen molar-refractivity contribution in [1.82, 2.24) is 19.7 Å². The minimum atomic E-state index is 0.738. The second-order valence-electron chi connectivity index (χ2n) is 4.64. The second kappa shape index (κ2) is 7.48. The third-order valence-electron chi connectivity index (χ3n) is 3.04. The maximum Gasteiger partial charge on any atom is 0.191 e. The van der Waals surface area contributed by atoms with Crippen molar-refractivity contribution in [2.24, 2.45) is 0 Å². The first-order chi connectivity index (χ1) is 11.3. The average molecular weight is 340 g/mol. The molecule has 23 heavy (non-hydrogen) atoms. The molecule has 0 aliphatic carbocycles. The summed E-state index contributed by atoms with van der Waals surface area (Å²) in [5.74, 6) is 1.57. The van der Waals surface area contributed by atoms with Crippen LogP contribution in [0, 0.1) is 0 Å². The fourth-order valence-electron chi connectivity index (χ4n) is 2.07. The van der Waals surface area contributed by atoms with E-state index in [1.54, 1.807) is 23.5 Å². The summed E-state index contributed by atoms with van der Waals surface area (Å²) in [7, 11) is 0. The molecule has 0 amide bonds. The van der Waals surface area contributed by atoms with Crippen LogP contribution in [0.3, 0.4) is 0 Å². The van der Waals surface area contributed by atoms with E-state index in [4.69, 9.17) is 0 Å². The number of hydrogen-bond donors (Lipinski definition) is 0. The zero-order valence-electron chi connectivity index (χ0n) is 12.6. The standard InChI is InChI=1S/C17H16N4S2/c1-3-10-22-16-14-12-18-21(13-8-6-5-7-9-13)15(14)19-17(20-16)23-11-4-2/h3-9,12H,1-2,10-11H2. The van der Waals surface area contributed by atoms with Gasteiger partial charge in [-0.3, -0.25) is 0 Å². The quantitative estimate of drug-likeness (QED) is 0.276. The number of aromatic nitrogens is 4. The highest BCUT2D eigenvalue weighted by molar-refractivity contribution is 8.00. The predicted octanol–water partition coefficient (Wildman–Crippen LogP) is 4.37. The fraction of sp³-hybridized carbons (Fsp3) is 0.118. The van der Waals surface area contributed by atoms with Crippen LogP contribution in [0.5, 0.6) is 0 Å². The van der Waals surface area contributed by atoms with E-state index in [0.717, 1.165) is 38.4 Å². The summed E-state index contributed by atoms with van der Waals surface area (Å²) in [6.07, 6.45) is 5.55. The molecule has 3 rings (SSSR count). The lowest BCUT2D eigenvalue weighted by Crippen LogP contribution is -1.99. The normalized spacial score (nSPS) is 10.8. The van der Waals surface area contributed by atoms with Crippen LogP contribution >= 0.6 is 23.5 Å². The van der Waals surface area contributed by atoms with E-state index in [-0.39, 0.29) is 0 Å². The molecule has 1 aromatic carbocycles. The molecular formula is C17H16N4S2. The maximum absolute atomic E-state index is 4.68. The lowest BCUT2D eigenvalue weighted by molar-refractivity contribution is 0.864. The molecule has 0 unspecified atom stereocenters. The molecule has 0 radical (unpaired) electrons. The summed E-state index contributed by atoms with van der Waals surface area (Å²) in [6, 6.07) is 10.00. The van der Waals surface area contributed by atoms with Crippen LogP contribution in [0.4, 0.5) is 0 Å². The first-order valence-electron chi connectivity index (χ1n) is 7.12. The van der Waals surface area contributed by atoms with E-state index in [2.05, 4.69) is 28.2 Å². The number of fused-ring (bicyclic) bond motifs is 1. The van der Waals surface area contributed by atoms with Crippen LogP contribution in [0.1, 0.15) is 0 Å². The number of thioether (sulfide) groups is 2. The van der Waals surface area contributed by atoms with Gasteiger partial charge in [0.2, 0.25) is 0 Å². The van der Waals surface area contributed by atoms with Crippen LogP contribution < -0.4 is 0 Å². The molecule has 0 fully saturated rings. The van der Waals surface area contributed by atoms with Gasteiger partial charge in [-0.15, -0.1) is 24.9 Å². The third-order valence-corrected chi connectivity index (χ3v) is 4.87. The zero-order chi connectivity index (χ0) is 16.1. The highest BCUT2D eigenvalue weighted by Crippen LogP contribution is 2.29. The lowest BCUT2D eigenvalue weighted by atomic mass is 10.3. The molecule has 0 aliphatic rings. The van der Waals surface area contributed by atoms with Crippen molar-refractivity contribution in [3.8, 4) is 5.69 Å². The van der Waals surface area contributed by atoms with Crippen LogP contribution in [-0.4, -0.2) is 31.3 Å². The molecular weight excluding hydrogens is 324 g/mol. The first kappa shape index (κ1) is 15.8. The summed E-state index contributed by atoms with van der Waals surface area (Å²) in [5, 5.41) is 7.13.